The van der Waals surface area contributed by atoms with Crippen molar-refractivity contribution in [3.63, 3.8) is 0 Å². The normalized spacial score (nSPS) is 13.9. The van der Waals surface area contributed by atoms with Crippen molar-refractivity contribution in [2.45, 2.75) is 6.42 Å². The van der Waals surface area contributed by atoms with E-state index < -0.39 is 0 Å². The molecule has 30 heavy (non-hydrogen) atoms. The zero-order valence-electron chi connectivity index (χ0n) is 16.5. The van der Waals surface area contributed by atoms with Crippen LogP contribution in [0.4, 0.5) is 16.0 Å². The lowest BCUT2D eigenvalue weighted by atomic mass is 10.1. The number of halogens is 1. The summed E-state index contributed by atoms with van der Waals surface area (Å²) in [5.41, 5.74) is 1.47. The van der Waals surface area contributed by atoms with Gasteiger partial charge in [-0.2, -0.15) is 0 Å². The van der Waals surface area contributed by atoms with E-state index in [4.69, 9.17) is 0 Å². The molecule has 154 valence electrons. The van der Waals surface area contributed by atoms with Gasteiger partial charge in [-0.1, -0.05) is 6.07 Å². The number of piperazine rings is 1. The molecule has 0 atom stereocenters. The second-order valence-corrected chi connectivity index (χ2v) is 7.04. The number of amides is 1. The third-order valence-electron chi connectivity index (χ3n) is 5.06. The van der Waals surface area contributed by atoms with Crippen LogP contribution in [0, 0.1) is 5.82 Å². The van der Waals surface area contributed by atoms with Crippen molar-refractivity contribution in [2.75, 3.05) is 42.9 Å². The van der Waals surface area contributed by atoms with Crippen LogP contribution in [-0.2, 0) is 4.79 Å². The van der Waals surface area contributed by atoms with Crippen LogP contribution in [0.1, 0.15) is 6.42 Å². The molecule has 2 aromatic heterocycles. The number of hydrogen-bond acceptors (Lipinski definition) is 6. The first-order chi connectivity index (χ1) is 14.7. The number of aromatic nitrogens is 3. The Labute approximate surface area is 174 Å². The molecular formula is C22H23FN6O. The van der Waals surface area contributed by atoms with Crippen molar-refractivity contribution in [3.8, 4) is 11.3 Å². The van der Waals surface area contributed by atoms with Gasteiger partial charge in [0, 0.05) is 50.9 Å². The van der Waals surface area contributed by atoms with Gasteiger partial charge < -0.3 is 15.1 Å². The summed E-state index contributed by atoms with van der Waals surface area (Å²) in [4.78, 5) is 20.9. The summed E-state index contributed by atoms with van der Waals surface area (Å²) in [7, 11) is 0. The van der Waals surface area contributed by atoms with E-state index >= 15 is 0 Å². The molecule has 1 saturated heterocycles. The Morgan fingerprint density at radius 1 is 0.967 bits per heavy atom. The largest absolute Gasteiger partial charge is 0.368 e. The van der Waals surface area contributed by atoms with Crippen LogP contribution in [0.2, 0.25) is 0 Å². The predicted molar refractivity (Wildman–Crippen MR) is 114 cm³/mol. The second kappa shape index (κ2) is 9.30. The standard InChI is InChI=1S/C22H23FN6O/c23-18-6-4-17(5-7-18)19-8-9-20(27-26-19)24-12-10-22(30)29-15-13-28(14-16-29)21-3-1-2-11-25-21/h1-9,11H,10,12-16H2,(H,24,27). The third kappa shape index (κ3) is 4.89. The zero-order valence-corrected chi connectivity index (χ0v) is 16.5. The van der Waals surface area contributed by atoms with E-state index in [1.807, 2.05) is 35.2 Å². The van der Waals surface area contributed by atoms with Crippen molar-refractivity contribution in [3.05, 3.63) is 66.6 Å². The maximum Gasteiger partial charge on any atom is 0.224 e. The summed E-state index contributed by atoms with van der Waals surface area (Å²) in [5, 5.41) is 11.4. The molecule has 1 amide bonds. The molecule has 0 bridgehead atoms. The molecule has 1 N–H and O–H groups in total. The lowest BCUT2D eigenvalue weighted by molar-refractivity contribution is -0.131. The number of hydrogen-bond donors (Lipinski definition) is 1. The first-order valence-electron chi connectivity index (χ1n) is 9.96. The quantitative estimate of drug-likeness (QED) is 0.679. The number of anilines is 2. The van der Waals surface area contributed by atoms with Crippen LogP contribution in [-0.4, -0.2) is 58.7 Å². The number of pyridine rings is 1. The monoisotopic (exact) mass is 406 g/mol. The summed E-state index contributed by atoms with van der Waals surface area (Å²) < 4.78 is 13.0. The SMILES string of the molecule is O=C(CCNc1ccc(-c2ccc(F)cc2)nn1)N1CCN(c2ccccn2)CC1. The fourth-order valence-electron chi connectivity index (χ4n) is 3.38. The maximum absolute atomic E-state index is 13.0. The van der Waals surface area contributed by atoms with E-state index in [0.29, 0.717) is 37.6 Å². The Kier molecular flexibility index (Phi) is 6.12. The van der Waals surface area contributed by atoms with E-state index in [2.05, 4.69) is 25.4 Å². The zero-order chi connectivity index (χ0) is 20.8. The van der Waals surface area contributed by atoms with Crippen LogP contribution < -0.4 is 10.2 Å². The molecule has 0 unspecified atom stereocenters. The van der Waals surface area contributed by atoms with Crippen LogP contribution in [0.5, 0.6) is 0 Å². The molecular weight excluding hydrogens is 383 g/mol. The van der Waals surface area contributed by atoms with E-state index in [9.17, 15) is 9.18 Å². The van der Waals surface area contributed by atoms with E-state index in [-0.39, 0.29) is 11.7 Å². The highest BCUT2D eigenvalue weighted by atomic mass is 19.1. The molecule has 7 nitrogen and oxygen atoms in total. The van der Waals surface area contributed by atoms with Gasteiger partial charge in [-0.25, -0.2) is 9.37 Å². The first-order valence-corrected chi connectivity index (χ1v) is 9.96. The topological polar surface area (TPSA) is 74.2 Å². The number of benzene rings is 1. The summed E-state index contributed by atoms with van der Waals surface area (Å²) in [6.45, 7) is 3.45. The molecule has 0 radical (unpaired) electrons. The van der Waals surface area contributed by atoms with Crippen LogP contribution in [0.25, 0.3) is 11.3 Å². The Morgan fingerprint density at radius 3 is 2.43 bits per heavy atom. The van der Waals surface area contributed by atoms with Crippen molar-refractivity contribution in [2.24, 2.45) is 0 Å². The molecule has 4 rings (SSSR count). The molecule has 0 aliphatic carbocycles. The number of nitrogens with one attached hydrogen (secondary N) is 1. The third-order valence-corrected chi connectivity index (χ3v) is 5.06. The summed E-state index contributed by atoms with van der Waals surface area (Å²) in [5.74, 6) is 1.40. The van der Waals surface area contributed by atoms with Crippen molar-refractivity contribution in [1.82, 2.24) is 20.1 Å². The highest BCUT2D eigenvalue weighted by Gasteiger charge is 2.21. The molecule has 8 heteroatoms. The van der Waals surface area contributed by atoms with Gasteiger partial charge in [-0.05, 0) is 48.5 Å². The van der Waals surface area contributed by atoms with E-state index in [1.165, 1.54) is 12.1 Å². The molecule has 1 aliphatic rings. The van der Waals surface area contributed by atoms with Gasteiger partial charge in [-0.3, -0.25) is 4.79 Å². The van der Waals surface area contributed by atoms with E-state index in [0.717, 1.165) is 24.5 Å². The number of carbonyl (C=O) groups is 1. The molecule has 1 aromatic carbocycles. The van der Waals surface area contributed by atoms with Gasteiger partial charge in [-0.15, -0.1) is 10.2 Å². The lowest BCUT2D eigenvalue weighted by Crippen LogP contribution is -2.49. The van der Waals surface area contributed by atoms with Gasteiger partial charge >= 0.3 is 0 Å². The minimum absolute atomic E-state index is 0.124. The Bertz CT molecular complexity index is 957. The van der Waals surface area contributed by atoms with Crippen LogP contribution >= 0.6 is 0 Å². The molecule has 0 saturated carbocycles. The maximum atomic E-state index is 13.0. The van der Waals surface area contributed by atoms with Gasteiger partial charge in [0.2, 0.25) is 5.91 Å². The summed E-state index contributed by atoms with van der Waals surface area (Å²) in [6.07, 6.45) is 2.18. The average Bonchev–Trinajstić information content (AvgIpc) is 2.81. The predicted octanol–water partition coefficient (Wildman–Crippen LogP) is 2.83. The smallest absolute Gasteiger partial charge is 0.224 e. The molecule has 1 aliphatic heterocycles. The van der Waals surface area contributed by atoms with Crippen LogP contribution in [0.3, 0.4) is 0 Å². The Morgan fingerprint density at radius 2 is 1.77 bits per heavy atom. The molecule has 1 fully saturated rings. The second-order valence-electron chi connectivity index (χ2n) is 7.04. The minimum Gasteiger partial charge on any atom is -0.368 e. The molecule has 3 heterocycles. The first kappa shape index (κ1) is 19.8. The average molecular weight is 406 g/mol. The molecule has 0 spiro atoms. The Balaban J connectivity index is 1.22. The fraction of sp³-hybridized carbons (Fsp3) is 0.273. The number of carbonyl (C=O) groups excluding carboxylic acids is 1. The summed E-state index contributed by atoms with van der Waals surface area (Å²) in [6, 6.07) is 15.6. The number of nitrogens with zero attached hydrogens (tertiary/aromatic N) is 5. The van der Waals surface area contributed by atoms with Gasteiger partial charge in [0.05, 0.1) is 5.69 Å². The van der Waals surface area contributed by atoms with E-state index in [1.54, 1.807) is 18.3 Å². The Hall–Kier alpha value is -3.55. The van der Waals surface area contributed by atoms with Crippen molar-refractivity contribution < 1.29 is 9.18 Å². The van der Waals surface area contributed by atoms with Crippen LogP contribution in [0.15, 0.2) is 60.8 Å². The highest BCUT2D eigenvalue weighted by molar-refractivity contribution is 5.77. The van der Waals surface area contributed by atoms with Gasteiger partial charge in [0.25, 0.3) is 0 Å². The summed E-state index contributed by atoms with van der Waals surface area (Å²) >= 11 is 0. The minimum atomic E-state index is -0.284. The van der Waals surface area contributed by atoms with Crippen molar-refractivity contribution >= 4 is 17.5 Å². The number of rotatable bonds is 6. The molecule has 3 aromatic rings. The fourth-order valence-corrected chi connectivity index (χ4v) is 3.38. The van der Waals surface area contributed by atoms with Gasteiger partial charge in [0.1, 0.15) is 17.5 Å². The lowest BCUT2D eigenvalue weighted by Gasteiger charge is -2.35. The van der Waals surface area contributed by atoms with Gasteiger partial charge in [0.15, 0.2) is 0 Å². The highest BCUT2D eigenvalue weighted by Crippen LogP contribution is 2.17. The van der Waals surface area contributed by atoms with Crippen molar-refractivity contribution in [1.29, 1.82) is 0 Å².